The molecule has 0 aromatic heterocycles. The Hall–Kier alpha value is -2.19. The van der Waals surface area contributed by atoms with Crippen molar-refractivity contribution in [3.8, 4) is 0 Å². The number of hydrogen-bond donors (Lipinski definition) is 3. The van der Waals surface area contributed by atoms with Crippen LogP contribution in [0, 0.1) is 28.6 Å². The Kier molecular flexibility index (Phi) is 11.8. The molecule has 2 aliphatic rings. The molecular weight excluding hydrogens is 476 g/mol. The number of esters is 2. The predicted molar refractivity (Wildman–Crippen MR) is 139 cm³/mol. The fraction of sp³-hybridized carbons (Fsp3) is 0.759. The highest BCUT2D eigenvalue weighted by Gasteiger charge is 2.56. The zero-order valence-electron chi connectivity index (χ0n) is 23.0. The van der Waals surface area contributed by atoms with Gasteiger partial charge in [-0.2, -0.15) is 0 Å². The highest BCUT2D eigenvalue weighted by atomic mass is 16.5. The van der Waals surface area contributed by atoms with Crippen molar-refractivity contribution >= 4 is 17.9 Å². The Bertz CT molecular complexity index is 862. The van der Waals surface area contributed by atoms with Crippen LogP contribution in [-0.2, 0) is 23.9 Å². The fourth-order valence-electron chi connectivity index (χ4n) is 6.36. The van der Waals surface area contributed by atoms with Crippen LogP contribution in [0.25, 0.3) is 0 Å². The molecule has 0 radical (unpaired) electrons. The summed E-state index contributed by atoms with van der Waals surface area (Å²) in [7, 11) is 0. The van der Waals surface area contributed by atoms with Gasteiger partial charge in [-0.3, -0.25) is 9.59 Å². The lowest BCUT2D eigenvalue weighted by molar-refractivity contribution is -0.148. The molecule has 0 heterocycles. The van der Waals surface area contributed by atoms with Gasteiger partial charge >= 0.3 is 17.9 Å². The highest BCUT2D eigenvalue weighted by Crippen LogP contribution is 2.62. The van der Waals surface area contributed by atoms with Crippen LogP contribution in [0.2, 0.25) is 0 Å². The predicted octanol–water partition coefficient (Wildman–Crippen LogP) is 4.43. The van der Waals surface area contributed by atoms with Gasteiger partial charge in [0.15, 0.2) is 0 Å². The summed E-state index contributed by atoms with van der Waals surface area (Å²) in [6.07, 6.45) is 9.10. The van der Waals surface area contributed by atoms with Gasteiger partial charge in [-0.15, -0.1) is 0 Å². The van der Waals surface area contributed by atoms with E-state index in [1.807, 2.05) is 0 Å². The van der Waals surface area contributed by atoms with Crippen LogP contribution >= 0.6 is 0 Å². The number of carboxylic acid groups (broad SMARTS) is 1. The zero-order chi connectivity index (χ0) is 27.6. The summed E-state index contributed by atoms with van der Waals surface area (Å²) in [6, 6.07) is 0. The van der Waals surface area contributed by atoms with Crippen LogP contribution in [-0.4, -0.2) is 59.7 Å². The van der Waals surface area contributed by atoms with Crippen molar-refractivity contribution in [3.05, 3.63) is 23.3 Å². The van der Waals surface area contributed by atoms with E-state index in [1.54, 1.807) is 19.9 Å². The van der Waals surface area contributed by atoms with Gasteiger partial charge in [-0.25, -0.2) is 4.79 Å². The van der Waals surface area contributed by atoms with Crippen molar-refractivity contribution in [2.24, 2.45) is 28.6 Å². The third-order valence-electron chi connectivity index (χ3n) is 9.15. The van der Waals surface area contributed by atoms with Gasteiger partial charge in [0.2, 0.25) is 0 Å². The van der Waals surface area contributed by atoms with Crippen LogP contribution in [0.15, 0.2) is 23.3 Å². The highest BCUT2D eigenvalue weighted by molar-refractivity contribution is 5.87. The molecule has 0 spiro atoms. The monoisotopic (exact) mass is 522 g/mol. The summed E-state index contributed by atoms with van der Waals surface area (Å²) in [5.74, 6) is -1.26. The minimum atomic E-state index is -1.04. The van der Waals surface area contributed by atoms with E-state index in [0.717, 1.165) is 44.1 Å². The van der Waals surface area contributed by atoms with Gasteiger partial charge in [0.25, 0.3) is 0 Å². The van der Waals surface area contributed by atoms with Crippen LogP contribution in [0.1, 0.15) is 85.5 Å². The molecule has 3 N–H and O–H groups in total. The zero-order valence-corrected chi connectivity index (χ0v) is 23.0. The first-order valence-corrected chi connectivity index (χ1v) is 13.6. The van der Waals surface area contributed by atoms with Crippen LogP contribution in [0.3, 0.4) is 0 Å². The molecule has 2 aliphatic carbocycles. The topological polar surface area (TPSA) is 130 Å². The second-order valence-electron chi connectivity index (χ2n) is 11.2. The van der Waals surface area contributed by atoms with E-state index in [4.69, 9.17) is 14.6 Å². The smallest absolute Gasteiger partial charge is 0.333 e. The third-order valence-corrected chi connectivity index (χ3v) is 9.15. The van der Waals surface area contributed by atoms with Gasteiger partial charge in [0, 0.05) is 17.6 Å². The molecule has 210 valence electrons. The number of rotatable bonds is 14. The van der Waals surface area contributed by atoms with Crippen molar-refractivity contribution in [2.75, 3.05) is 26.4 Å². The van der Waals surface area contributed by atoms with E-state index in [9.17, 15) is 24.6 Å². The van der Waals surface area contributed by atoms with E-state index in [1.165, 1.54) is 0 Å². The summed E-state index contributed by atoms with van der Waals surface area (Å²) in [5.41, 5.74) is 0.934. The van der Waals surface area contributed by atoms with Gasteiger partial charge in [-0.1, -0.05) is 26.0 Å². The molecule has 1 saturated carbocycles. The number of aliphatic carboxylic acids is 1. The lowest BCUT2D eigenvalue weighted by atomic mass is 9.46. The van der Waals surface area contributed by atoms with E-state index in [0.29, 0.717) is 17.9 Å². The maximum absolute atomic E-state index is 12.1. The van der Waals surface area contributed by atoms with E-state index in [2.05, 4.69) is 19.9 Å². The standard InChI is InChI=1S/C29H46O8/c1-5-20(2)27(35)37-17-22(13-16-30)12-14-28(4)21(3)11-15-29(19-31)23(7-6-8-24(28)29)18-36-26(34)10-9-25(32)33/h5,7,21-22,24,30-31H,6,8-19H2,1-4H3,(H,32,33). The number of carboxylic acids is 1. The van der Waals surface area contributed by atoms with Crippen molar-refractivity contribution in [2.45, 2.75) is 85.5 Å². The average molecular weight is 523 g/mol. The van der Waals surface area contributed by atoms with Gasteiger partial charge in [-0.05, 0) is 87.5 Å². The van der Waals surface area contributed by atoms with E-state index >= 15 is 0 Å². The number of carbonyl (C=O) groups is 3. The Morgan fingerprint density at radius 1 is 1.16 bits per heavy atom. The first-order chi connectivity index (χ1) is 17.5. The first kappa shape index (κ1) is 31.0. The quantitative estimate of drug-likeness (QED) is 0.173. The van der Waals surface area contributed by atoms with Gasteiger partial charge in [0.05, 0.1) is 26.1 Å². The maximum Gasteiger partial charge on any atom is 0.333 e. The molecule has 37 heavy (non-hydrogen) atoms. The largest absolute Gasteiger partial charge is 0.481 e. The molecule has 0 aliphatic heterocycles. The second-order valence-corrected chi connectivity index (χ2v) is 11.2. The normalized spacial score (nSPS) is 28.6. The average Bonchev–Trinajstić information content (AvgIpc) is 2.89. The van der Waals surface area contributed by atoms with Crippen LogP contribution < -0.4 is 0 Å². The first-order valence-electron chi connectivity index (χ1n) is 13.6. The molecule has 8 nitrogen and oxygen atoms in total. The minimum Gasteiger partial charge on any atom is -0.481 e. The van der Waals surface area contributed by atoms with Gasteiger partial charge in [0.1, 0.15) is 6.61 Å². The molecule has 8 heteroatoms. The summed E-state index contributed by atoms with van der Waals surface area (Å²) in [4.78, 5) is 35.0. The Labute approximate surface area is 221 Å². The third kappa shape index (κ3) is 7.66. The molecule has 0 aromatic rings. The summed E-state index contributed by atoms with van der Waals surface area (Å²) in [5, 5.41) is 29.2. The van der Waals surface area contributed by atoms with Crippen molar-refractivity contribution in [1.82, 2.24) is 0 Å². The number of aliphatic hydroxyl groups excluding tert-OH is 2. The molecule has 1 fully saturated rings. The molecule has 2 rings (SSSR count). The van der Waals surface area contributed by atoms with Crippen molar-refractivity contribution in [3.63, 3.8) is 0 Å². The number of fused-ring (bicyclic) bond motifs is 1. The summed E-state index contributed by atoms with van der Waals surface area (Å²) in [6.45, 7) is 8.42. The number of allylic oxidation sites excluding steroid dienone is 2. The Morgan fingerprint density at radius 3 is 2.51 bits per heavy atom. The molecule has 5 atom stereocenters. The van der Waals surface area contributed by atoms with Crippen molar-refractivity contribution in [1.29, 1.82) is 0 Å². The fourth-order valence-corrected chi connectivity index (χ4v) is 6.36. The minimum absolute atomic E-state index is 0.0290. The maximum atomic E-state index is 12.1. The van der Waals surface area contributed by atoms with Crippen LogP contribution in [0.5, 0.6) is 0 Å². The summed E-state index contributed by atoms with van der Waals surface area (Å²) < 4.78 is 11.0. The Balaban J connectivity index is 2.15. The summed E-state index contributed by atoms with van der Waals surface area (Å²) >= 11 is 0. The number of carbonyl (C=O) groups excluding carboxylic acids is 2. The molecule has 0 saturated heterocycles. The lowest BCUT2D eigenvalue weighted by Crippen LogP contribution is -2.53. The van der Waals surface area contributed by atoms with E-state index in [-0.39, 0.29) is 62.5 Å². The van der Waals surface area contributed by atoms with Crippen LogP contribution in [0.4, 0.5) is 0 Å². The van der Waals surface area contributed by atoms with Gasteiger partial charge < -0.3 is 24.8 Å². The molecule has 0 bridgehead atoms. The molecular formula is C29H46O8. The van der Waals surface area contributed by atoms with E-state index < -0.39 is 17.4 Å². The number of aliphatic hydroxyl groups is 2. The SMILES string of the molecule is CC=C(C)C(=O)OCC(CCO)CCC1(C)C(C)CCC2(CO)C(COC(=O)CCC(=O)O)=CCCC21. The van der Waals surface area contributed by atoms with Crippen molar-refractivity contribution < 1.29 is 39.2 Å². The number of hydrogen-bond acceptors (Lipinski definition) is 7. The Morgan fingerprint density at radius 2 is 1.89 bits per heavy atom. The molecule has 0 aromatic carbocycles. The molecule has 5 unspecified atom stereocenters. The molecule has 0 amide bonds. The number of ether oxygens (including phenoxy) is 2. The second kappa shape index (κ2) is 14.1. The lowest BCUT2D eigenvalue weighted by Gasteiger charge is -2.59.